The van der Waals surface area contributed by atoms with Crippen molar-refractivity contribution >= 4 is 33.0 Å². The van der Waals surface area contributed by atoms with Gasteiger partial charge in [-0.2, -0.15) is 0 Å². The molecule has 0 saturated carbocycles. The first-order valence-corrected chi connectivity index (χ1v) is 7.96. The number of hydrogen-bond donors (Lipinski definition) is 2. The van der Waals surface area contributed by atoms with Crippen LogP contribution in [0.5, 0.6) is 5.75 Å². The maximum Gasteiger partial charge on any atom is 0.261 e. The number of methoxy groups -OCH3 is 1. The largest absolute Gasteiger partial charge is 0.495 e. The van der Waals surface area contributed by atoms with E-state index in [0.717, 1.165) is 5.69 Å². The number of nitrogens with one attached hydrogen (secondary N) is 2. The van der Waals surface area contributed by atoms with E-state index < -0.39 is 10.0 Å². The first-order chi connectivity index (χ1) is 9.96. The zero-order valence-electron chi connectivity index (χ0n) is 11.6. The molecule has 0 aliphatic rings. The van der Waals surface area contributed by atoms with E-state index in [1.165, 1.54) is 25.3 Å². The van der Waals surface area contributed by atoms with E-state index in [-0.39, 0.29) is 9.92 Å². The summed E-state index contributed by atoms with van der Waals surface area (Å²) in [6.07, 6.45) is 0. The van der Waals surface area contributed by atoms with E-state index in [0.29, 0.717) is 11.4 Å². The van der Waals surface area contributed by atoms with Crippen LogP contribution in [0.4, 0.5) is 11.4 Å². The van der Waals surface area contributed by atoms with Gasteiger partial charge in [0.15, 0.2) is 0 Å². The van der Waals surface area contributed by atoms with Crippen molar-refractivity contribution in [1.29, 1.82) is 0 Å². The molecular weight excluding hydrogens is 312 g/mol. The second-order valence-electron chi connectivity index (χ2n) is 4.23. The zero-order chi connectivity index (χ0) is 15.5. The number of anilines is 2. The minimum absolute atomic E-state index is 0.0750. The highest BCUT2D eigenvalue weighted by Crippen LogP contribution is 2.28. The summed E-state index contributed by atoms with van der Waals surface area (Å²) in [5.41, 5.74) is 1.37. The third kappa shape index (κ3) is 3.59. The first-order valence-electron chi connectivity index (χ1n) is 6.10. The first kappa shape index (κ1) is 15.5. The Bertz CT molecular complexity index is 730. The molecule has 0 fully saturated rings. The Hall–Kier alpha value is -1.92. The molecule has 21 heavy (non-hydrogen) atoms. The molecule has 2 rings (SSSR count). The third-order valence-corrected chi connectivity index (χ3v) is 4.53. The maximum atomic E-state index is 12.3. The van der Waals surface area contributed by atoms with Gasteiger partial charge in [-0.1, -0.05) is 11.6 Å². The predicted octanol–water partition coefficient (Wildman–Crippen LogP) is 3.19. The predicted molar refractivity (Wildman–Crippen MR) is 84.8 cm³/mol. The fourth-order valence-corrected chi connectivity index (χ4v) is 3.14. The van der Waals surface area contributed by atoms with Gasteiger partial charge in [-0.05, 0) is 42.5 Å². The lowest BCUT2D eigenvalue weighted by Crippen LogP contribution is -2.13. The Morgan fingerprint density at radius 2 is 1.67 bits per heavy atom. The van der Waals surface area contributed by atoms with Gasteiger partial charge in [0.05, 0.1) is 17.0 Å². The lowest BCUT2D eigenvalue weighted by Gasteiger charge is -2.10. The van der Waals surface area contributed by atoms with Crippen LogP contribution in [0.25, 0.3) is 0 Å². The monoisotopic (exact) mass is 326 g/mol. The van der Waals surface area contributed by atoms with E-state index in [1.807, 2.05) is 0 Å². The van der Waals surface area contributed by atoms with Gasteiger partial charge >= 0.3 is 0 Å². The van der Waals surface area contributed by atoms with Crippen molar-refractivity contribution in [3.63, 3.8) is 0 Å². The number of halogens is 1. The van der Waals surface area contributed by atoms with Crippen LogP contribution >= 0.6 is 11.6 Å². The number of hydrogen-bond acceptors (Lipinski definition) is 4. The minimum Gasteiger partial charge on any atom is -0.495 e. The zero-order valence-corrected chi connectivity index (χ0v) is 13.1. The average molecular weight is 327 g/mol. The normalized spacial score (nSPS) is 11.0. The Balaban J connectivity index is 2.26. The Labute approximate surface area is 128 Å². The molecule has 2 aromatic rings. The highest BCUT2D eigenvalue weighted by Gasteiger charge is 2.16. The Morgan fingerprint density at radius 1 is 1.05 bits per heavy atom. The van der Waals surface area contributed by atoms with Crippen molar-refractivity contribution in [3.05, 3.63) is 47.5 Å². The average Bonchev–Trinajstić information content (AvgIpc) is 2.47. The topological polar surface area (TPSA) is 67.4 Å². The number of ether oxygens (including phenoxy) is 1. The second kappa shape index (κ2) is 6.24. The lowest BCUT2D eigenvalue weighted by atomic mass is 10.3. The summed E-state index contributed by atoms with van der Waals surface area (Å²) >= 11 is 5.95. The smallest absolute Gasteiger partial charge is 0.261 e. The summed E-state index contributed by atoms with van der Waals surface area (Å²) in [4.78, 5) is 0.0750. The van der Waals surface area contributed by atoms with Crippen LogP contribution in [-0.2, 0) is 10.0 Å². The van der Waals surface area contributed by atoms with Gasteiger partial charge in [-0.3, -0.25) is 4.72 Å². The molecule has 2 N–H and O–H groups in total. The molecular formula is C14H15ClN2O3S. The molecule has 7 heteroatoms. The maximum absolute atomic E-state index is 12.3. The summed E-state index contributed by atoms with van der Waals surface area (Å²) in [5, 5.41) is 3.20. The van der Waals surface area contributed by atoms with Crippen molar-refractivity contribution in [2.75, 3.05) is 24.2 Å². The fraction of sp³-hybridized carbons (Fsp3) is 0.143. The highest BCUT2D eigenvalue weighted by atomic mass is 35.5. The molecule has 0 aliphatic carbocycles. The van der Waals surface area contributed by atoms with Gasteiger partial charge in [0, 0.05) is 18.4 Å². The summed E-state index contributed by atoms with van der Waals surface area (Å²) in [6.45, 7) is 0. The van der Waals surface area contributed by atoms with Gasteiger partial charge in [-0.25, -0.2) is 8.42 Å². The molecule has 0 bridgehead atoms. The molecule has 0 aromatic heterocycles. The van der Waals surface area contributed by atoms with E-state index in [4.69, 9.17) is 16.3 Å². The van der Waals surface area contributed by atoms with Gasteiger partial charge < -0.3 is 10.1 Å². The number of rotatable bonds is 5. The fourth-order valence-electron chi connectivity index (χ4n) is 1.73. The van der Waals surface area contributed by atoms with Crippen LogP contribution in [0.2, 0.25) is 5.02 Å². The Morgan fingerprint density at radius 3 is 2.19 bits per heavy atom. The third-order valence-electron chi connectivity index (χ3n) is 2.86. The van der Waals surface area contributed by atoms with Gasteiger partial charge in [0.2, 0.25) is 0 Å². The van der Waals surface area contributed by atoms with E-state index in [2.05, 4.69) is 10.0 Å². The van der Waals surface area contributed by atoms with Crippen molar-refractivity contribution in [3.8, 4) is 5.75 Å². The molecule has 0 spiro atoms. The second-order valence-corrected chi connectivity index (χ2v) is 6.32. The highest BCUT2D eigenvalue weighted by molar-refractivity contribution is 7.92. The Kier molecular flexibility index (Phi) is 4.59. The number of sulfonamides is 1. The van der Waals surface area contributed by atoms with Crippen LogP contribution in [0.1, 0.15) is 0 Å². The van der Waals surface area contributed by atoms with Crippen LogP contribution in [0.3, 0.4) is 0 Å². The van der Waals surface area contributed by atoms with Crippen LogP contribution in [-0.4, -0.2) is 22.6 Å². The molecule has 0 radical (unpaired) electrons. The van der Waals surface area contributed by atoms with Gasteiger partial charge in [0.25, 0.3) is 10.0 Å². The molecule has 0 saturated heterocycles. The molecule has 0 heterocycles. The van der Waals surface area contributed by atoms with Crippen LogP contribution in [0.15, 0.2) is 47.4 Å². The molecule has 5 nitrogen and oxygen atoms in total. The van der Waals surface area contributed by atoms with Gasteiger partial charge in [-0.15, -0.1) is 0 Å². The summed E-state index contributed by atoms with van der Waals surface area (Å²) in [7, 11) is -0.431. The molecule has 2 aromatic carbocycles. The van der Waals surface area contributed by atoms with E-state index in [1.54, 1.807) is 31.3 Å². The summed E-state index contributed by atoms with van der Waals surface area (Å²) in [6, 6.07) is 11.2. The molecule has 0 atom stereocenters. The number of benzene rings is 2. The van der Waals surface area contributed by atoms with Crippen molar-refractivity contribution in [1.82, 2.24) is 0 Å². The molecule has 0 amide bonds. The molecule has 112 valence electrons. The van der Waals surface area contributed by atoms with Crippen molar-refractivity contribution < 1.29 is 13.2 Å². The summed E-state index contributed by atoms with van der Waals surface area (Å²) < 4.78 is 32.1. The van der Waals surface area contributed by atoms with Crippen LogP contribution < -0.4 is 14.8 Å². The SMILES string of the molecule is CNc1ccc(NS(=O)(=O)c2ccc(OC)c(Cl)c2)cc1. The van der Waals surface area contributed by atoms with Crippen molar-refractivity contribution in [2.24, 2.45) is 0 Å². The van der Waals surface area contributed by atoms with Crippen LogP contribution in [0, 0.1) is 0 Å². The standard InChI is InChI=1S/C14H15ClN2O3S/c1-16-10-3-5-11(6-4-10)17-21(18,19)12-7-8-14(20-2)13(15)9-12/h3-9,16-17H,1-2H3. The van der Waals surface area contributed by atoms with Gasteiger partial charge in [0.1, 0.15) is 5.75 Å². The summed E-state index contributed by atoms with van der Waals surface area (Å²) in [5.74, 6) is 0.425. The van der Waals surface area contributed by atoms with E-state index >= 15 is 0 Å². The lowest BCUT2D eigenvalue weighted by molar-refractivity contribution is 0.414. The van der Waals surface area contributed by atoms with E-state index in [9.17, 15) is 8.42 Å². The quantitative estimate of drug-likeness (QED) is 0.885. The van der Waals surface area contributed by atoms with Crippen molar-refractivity contribution in [2.45, 2.75) is 4.90 Å². The molecule has 0 aliphatic heterocycles. The minimum atomic E-state index is -3.69. The molecule has 0 unspecified atom stereocenters.